The summed E-state index contributed by atoms with van der Waals surface area (Å²) in [6, 6.07) is 8.71. The van der Waals surface area contributed by atoms with Gasteiger partial charge in [0.05, 0.1) is 11.4 Å². The minimum Gasteiger partial charge on any atom is -0.361 e. The number of nitrogens with one attached hydrogen (secondary N) is 2. The van der Waals surface area contributed by atoms with Crippen LogP contribution in [0.4, 0.5) is 11.4 Å². The van der Waals surface area contributed by atoms with Gasteiger partial charge in [-0.25, -0.2) is 0 Å². The zero-order valence-electron chi connectivity index (χ0n) is 16.7. The van der Waals surface area contributed by atoms with Gasteiger partial charge >= 0.3 is 0 Å². The predicted molar refractivity (Wildman–Crippen MR) is 112 cm³/mol. The lowest BCUT2D eigenvalue weighted by atomic mass is 9.94. The van der Waals surface area contributed by atoms with Gasteiger partial charge in [-0.15, -0.1) is 0 Å². The molecule has 1 aliphatic rings. The molecule has 1 aromatic rings. The maximum absolute atomic E-state index is 3.84. The van der Waals surface area contributed by atoms with E-state index in [1.807, 2.05) is 0 Å². The number of hydrogen-bond donors (Lipinski definition) is 2. The average Bonchev–Trinajstić information content (AvgIpc) is 2.99. The molecule has 1 aliphatic heterocycles. The topological polar surface area (TPSA) is 24.1 Å². The third kappa shape index (κ3) is 6.92. The molecule has 1 heterocycles. The Morgan fingerprint density at radius 3 is 1.44 bits per heavy atom. The van der Waals surface area contributed by atoms with E-state index in [9.17, 15) is 0 Å². The molecule has 0 bridgehead atoms. The number of hydrogen-bond acceptors (Lipinski definition) is 2. The van der Waals surface area contributed by atoms with Crippen molar-refractivity contribution in [3.63, 3.8) is 0 Å². The molecule has 0 atom stereocenters. The summed E-state index contributed by atoms with van der Waals surface area (Å²) < 4.78 is 0. The fraction of sp³-hybridized carbons (Fsp3) is 0.739. The van der Waals surface area contributed by atoms with E-state index in [0.29, 0.717) is 0 Å². The third-order valence-corrected chi connectivity index (χ3v) is 5.59. The molecule has 2 rings (SSSR count). The number of para-hydroxylation sites is 2. The van der Waals surface area contributed by atoms with Crippen molar-refractivity contribution in [1.29, 1.82) is 0 Å². The van der Waals surface area contributed by atoms with Crippen molar-refractivity contribution in [2.24, 2.45) is 0 Å². The third-order valence-electron chi connectivity index (χ3n) is 5.59. The first-order valence-corrected chi connectivity index (χ1v) is 10.9. The fourth-order valence-corrected chi connectivity index (χ4v) is 4.04. The molecular weight excluding hydrogens is 304 g/mol. The molecular formula is C23H40N2. The second-order valence-corrected chi connectivity index (χ2v) is 7.91. The Labute approximate surface area is 156 Å². The molecule has 2 heteroatoms. The van der Waals surface area contributed by atoms with Gasteiger partial charge < -0.3 is 10.6 Å². The van der Waals surface area contributed by atoms with E-state index in [0.717, 1.165) is 0 Å². The minimum absolute atomic E-state index is 0.0964. The van der Waals surface area contributed by atoms with Gasteiger partial charge in [0.2, 0.25) is 0 Å². The second-order valence-electron chi connectivity index (χ2n) is 7.91. The Morgan fingerprint density at radius 1 is 0.600 bits per heavy atom. The number of benzene rings is 1. The smallest absolute Gasteiger partial charge is 0.108 e. The molecule has 0 unspecified atom stereocenters. The van der Waals surface area contributed by atoms with Crippen LogP contribution in [0.3, 0.4) is 0 Å². The van der Waals surface area contributed by atoms with Gasteiger partial charge in [-0.3, -0.25) is 0 Å². The van der Waals surface area contributed by atoms with Crippen LogP contribution in [0.2, 0.25) is 0 Å². The van der Waals surface area contributed by atoms with Gasteiger partial charge in [-0.1, -0.05) is 90.2 Å². The summed E-state index contributed by atoms with van der Waals surface area (Å²) in [5.74, 6) is 0. The van der Waals surface area contributed by atoms with Crippen molar-refractivity contribution < 1.29 is 0 Å². The Hall–Kier alpha value is -1.18. The molecule has 25 heavy (non-hydrogen) atoms. The molecule has 2 N–H and O–H groups in total. The maximum atomic E-state index is 3.84. The van der Waals surface area contributed by atoms with Gasteiger partial charge in [0.1, 0.15) is 5.66 Å². The first-order valence-electron chi connectivity index (χ1n) is 10.9. The first kappa shape index (κ1) is 20.1. The van der Waals surface area contributed by atoms with Crippen molar-refractivity contribution in [3.05, 3.63) is 24.3 Å². The van der Waals surface area contributed by atoms with E-state index in [1.165, 1.54) is 101 Å². The Balaban J connectivity index is 1.78. The van der Waals surface area contributed by atoms with E-state index < -0.39 is 0 Å². The molecule has 0 saturated heterocycles. The summed E-state index contributed by atoms with van der Waals surface area (Å²) in [5.41, 5.74) is 2.68. The summed E-state index contributed by atoms with van der Waals surface area (Å²) in [4.78, 5) is 0. The lowest BCUT2D eigenvalue weighted by Gasteiger charge is -2.31. The predicted octanol–water partition coefficient (Wildman–Crippen LogP) is 7.72. The van der Waals surface area contributed by atoms with Crippen molar-refractivity contribution in [1.82, 2.24) is 0 Å². The van der Waals surface area contributed by atoms with Crippen molar-refractivity contribution in [2.45, 2.75) is 109 Å². The van der Waals surface area contributed by atoms with Gasteiger partial charge in [-0.2, -0.15) is 0 Å². The number of unbranched alkanes of at least 4 members (excludes halogenated alkanes) is 10. The van der Waals surface area contributed by atoms with Crippen molar-refractivity contribution in [2.75, 3.05) is 10.6 Å². The van der Waals surface area contributed by atoms with Crippen molar-refractivity contribution in [3.8, 4) is 0 Å². The standard InChI is InChI=1S/C23H40N2/c1-3-5-7-9-11-15-19-23(20-16-12-10-8-6-4-2)24-21-17-13-14-18-22(21)25-23/h13-14,17-18,24-25H,3-12,15-16,19-20H2,1-2H3. The lowest BCUT2D eigenvalue weighted by molar-refractivity contribution is 0.411. The van der Waals surface area contributed by atoms with E-state index >= 15 is 0 Å². The van der Waals surface area contributed by atoms with Crippen LogP contribution in [0.15, 0.2) is 24.3 Å². The molecule has 0 spiro atoms. The SMILES string of the molecule is CCCCCCCCC1(CCCCCCCC)Nc2ccccc2N1. The summed E-state index contributed by atoms with van der Waals surface area (Å²) in [6.45, 7) is 4.58. The zero-order valence-corrected chi connectivity index (χ0v) is 16.7. The zero-order chi connectivity index (χ0) is 17.8. The minimum atomic E-state index is 0.0964. The molecule has 142 valence electrons. The van der Waals surface area contributed by atoms with Crippen LogP contribution in [0.1, 0.15) is 104 Å². The van der Waals surface area contributed by atoms with Gasteiger partial charge in [0, 0.05) is 0 Å². The average molecular weight is 345 g/mol. The quantitative estimate of drug-likeness (QED) is 0.337. The normalized spacial score (nSPS) is 14.8. The van der Waals surface area contributed by atoms with Crippen molar-refractivity contribution >= 4 is 11.4 Å². The van der Waals surface area contributed by atoms with E-state index in [-0.39, 0.29) is 5.66 Å². The highest BCUT2D eigenvalue weighted by molar-refractivity contribution is 5.75. The molecule has 1 aromatic carbocycles. The molecule has 2 nitrogen and oxygen atoms in total. The van der Waals surface area contributed by atoms with Gasteiger partial charge in [0.15, 0.2) is 0 Å². The Kier molecular flexibility index (Phi) is 9.21. The Bertz CT molecular complexity index is 426. The molecule has 0 radical (unpaired) electrons. The van der Waals surface area contributed by atoms with Gasteiger partial charge in [-0.05, 0) is 37.8 Å². The monoisotopic (exact) mass is 344 g/mol. The van der Waals surface area contributed by atoms with Crippen LogP contribution in [-0.2, 0) is 0 Å². The summed E-state index contributed by atoms with van der Waals surface area (Å²) in [6.07, 6.45) is 18.9. The summed E-state index contributed by atoms with van der Waals surface area (Å²) in [5, 5.41) is 7.68. The lowest BCUT2D eigenvalue weighted by Crippen LogP contribution is -2.41. The van der Waals surface area contributed by atoms with Crippen LogP contribution in [0.5, 0.6) is 0 Å². The molecule has 0 aliphatic carbocycles. The largest absolute Gasteiger partial charge is 0.361 e. The second kappa shape index (κ2) is 11.4. The number of rotatable bonds is 14. The van der Waals surface area contributed by atoms with E-state index in [1.54, 1.807) is 0 Å². The molecule has 0 saturated carbocycles. The number of fused-ring (bicyclic) bond motifs is 1. The summed E-state index contributed by atoms with van der Waals surface area (Å²) in [7, 11) is 0. The maximum Gasteiger partial charge on any atom is 0.108 e. The van der Waals surface area contributed by atoms with Crippen LogP contribution in [0.25, 0.3) is 0 Å². The first-order chi connectivity index (χ1) is 12.3. The highest BCUT2D eigenvalue weighted by Crippen LogP contribution is 2.39. The highest BCUT2D eigenvalue weighted by atomic mass is 15.3. The van der Waals surface area contributed by atoms with Crippen LogP contribution < -0.4 is 10.6 Å². The van der Waals surface area contributed by atoms with Crippen LogP contribution in [0, 0.1) is 0 Å². The van der Waals surface area contributed by atoms with E-state index in [4.69, 9.17) is 0 Å². The molecule has 0 fully saturated rings. The highest BCUT2D eigenvalue weighted by Gasteiger charge is 2.34. The number of anilines is 2. The van der Waals surface area contributed by atoms with E-state index in [2.05, 4.69) is 48.7 Å². The fourth-order valence-electron chi connectivity index (χ4n) is 4.04. The molecule has 0 amide bonds. The van der Waals surface area contributed by atoms with Crippen LogP contribution in [-0.4, -0.2) is 5.66 Å². The Morgan fingerprint density at radius 2 is 1.00 bits per heavy atom. The summed E-state index contributed by atoms with van der Waals surface area (Å²) >= 11 is 0. The van der Waals surface area contributed by atoms with Gasteiger partial charge in [0.25, 0.3) is 0 Å². The van der Waals surface area contributed by atoms with Crippen LogP contribution >= 0.6 is 0 Å². The molecule has 0 aromatic heterocycles.